The minimum absolute atomic E-state index is 0.0996. The van der Waals surface area contributed by atoms with Crippen LogP contribution < -0.4 is 15.4 Å². The molecule has 2 N–H and O–H groups in total. The van der Waals surface area contributed by atoms with E-state index in [4.69, 9.17) is 16.3 Å². The maximum Gasteiger partial charge on any atom is 0.229 e. The highest BCUT2D eigenvalue weighted by molar-refractivity contribution is 6.30. The monoisotopic (exact) mass is 359 g/mol. The zero-order valence-corrected chi connectivity index (χ0v) is 14.8. The summed E-state index contributed by atoms with van der Waals surface area (Å²) in [7, 11) is 0. The van der Waals surface area contributed by atoms with Gasteiger partial charge >= 0.3 is 0 Å². The molecule has 0 radical (unpaired) electrons. The molecule has 0 saturated carbocycles. The van der Waals surface area contributed by atoms with Gasteiger partial charge in [0.1, 0.15) is 5.75 Å². The zero-order valence-electron chi connectivity index (χ0n) is 14.0. The van der Waals surface area contributed by atoms with Crippen molar-refractivity contribution in [2.45, 2.75) is 12.8 Å². The van der Waals surface area contributed by atoms with Gasteiger partial charge < -0.3 is 15.4 Å². The van der Waals surface area contributed by atoms with Crippen LogP contribution in [0.2, 0.25) is 5.02 Å². The lowest BCUT2D eigenvalue weighted by atomic mass is 9.75. The standard InChI is InChI=1S/C19H22ClN3O2/c20-16-6-4-15(5-7-16)11-19(13-22-14-19)18(24)23-9-2-10-25-17-3-1-8-21-12-17/h1,3-8,12,22H,2,9-11,13-14H2,(H,23,24). The molecule has 132 valence electrons. The smallest absolute Gasteiger partial charge is 0.229 e. The minimum Gasteiger partial charge on any atom is -0.492 e. The van der Waals surface area contributed by atoms with Gasteiger partial charge in [0, 0.05) is 30.9 Å². The Bertz CT molecular complexity index is 688. The Morgan fingerprint density at radius 2 is 2.08 bits per heavy atom. The fourth-order valence-electron chi connectivity index (χ4n) is 2.87. The van der Waals surface area contributed by atoms with Crippen LogP contribution in [0, 0.1) is 5.41 Å². The van der Waals surface area contributed by atoms with Crippen molar-refractivity contribution in [1.82, 2.24) is 15.6 Å². The molecule has 1 amide bonds. The molecule has 1 saturated heterocycles. The van der Waals surface area contributed by atoms with Crippen molar-refractivity contribution in [3.63, 3.8) is 0 Å². The molecular formula is C19H22ClN3O2. The van der Waals surface area contributed by atoms with E-state index in [1.54, 1.807) is 12.4 Å². The molecule has 0 unspecified atom stereocenters. The van der Waals surface area contributed by atoms with E-state index in [2.05, 4.69) is 15.6 Å². The Labute approximate surface area is 152 Å². The lowest BCUT2D eigenvalue weighted by Crippen LogP contribution is -2.62. The van der Waals surface area contributed by atoms with Crippen LogP contribution in [0.1, 0.15) is 12.0 Å². The molecule has 2 aromatic rings. The van der Waals surface area contributed by atoms with Crippen LogP contribution in [0.4, 0.5) is 0 Å². The van der Waals surface area contributed by atoms with Gasteiger partial charge in [-0.3, -0.25) is 9.78 Å². The molecule has 1 fully saturated rings. The number of nitrogens with zero attached hydrogens (tertiary/aromatic N) is 1. The van der Waals surface area contributed by atoms with Crippen LogP contribution in [0.3, 0.4) is 0 Å². The molecular weight excluding hydrogens is 338 g/mol. The number of benzene rings is 1. The van der Waals surface area contributed by atoms with E-state index in [1.807, 2.05) is 36.4 Å². The van der Waals surface area contributed by atoms with Crippen LogP contribution in [0.15, 0.2) is 48.8 Å². The van der Waals surface area contributed by atoms with Crippen molar-refractivity contribution in [3.05, 3.63) is 59.4 Å². The summed E-state index contributed by atoms with van der Waals surface area (Å²) in [6.07, 6.45) is 4.86. The van der Waals surface area contributed by atoms with Crippen molar-refractivity contribution >= 4 is 17.5 Å². The van der Waals surface area contributed by atoms with Crippen molar-refractivity contribution in [1.29, 1.82) is 0 Å². The summed E-state index contributed by atoms with van der Waals surface area (Å²) in [4.78, 5) is 16.6. The van der Waals surface area contributed by atoms with E-state index < -0.39 is 0 Å². The third kappa shape index (κ3) is 4.71. The molecule has 25 heavy (non-hydrogen) atoms. The SMILES string of the molecule is O=C(NCCCOc1cccnc1)C1(Cc2ccc(Cl)cc2)CNC1. The third-order valence-electron chi connectivity index (χ3n) is 4.37. The Balaban J connectivity index is 1.43. The quantitative estimate of drug-likeness (QED) is 0.711. The average molecular weight is 360 g/mol. The molecule has 0 atom stereocenters. The van der Waals surface area contributed by atoms with Crippen LogP contribution in [-0.4, -0.2) is 37.1 Å². The summed E-state index contributed by atoms with van der Waals surface area (Å²) in [5.74, 6) is 0.846. The van der Waals surface area contributed by atoms with Crippen molar-refractivity contribution in [2.24, 2.45) is 5.41 Å². The van der Waals surface area contributed by atoms with Gasteiger partial charge in [-0.25, -0.2) is 0 Å². The zero-order chi connectivity index (χ0) is 17.5. The van der Waals surface area contributed by atoms with Gasteiger partial charge in [0.2, 0.25) is 5.91 Å². The summed E-state index contributed by atoms with van der Waals surface area (Å²) in [5.41, 5.74) is 0.763. The van der Waals surface area contributed by atoms with Crippen LogP contribution in [0.25, 0.3) is 0 Å². The van der Waals surface area contributed by atoms with Crippen molar-refractivity contribution in [2.75, 3.05) is 26.2 Å². The van der Waals surface area contributed by atoms with Gasteiger partial charge in [0.15, 0.2) is 0 Å². The Kier molecular flexibility index (Phi) is 5.89. The number of aromatic nitrogens is 1. The van der Waals surface area contributed by atoms with Gasteiger partial charge in [-0.05, 0) is 42.7 Å². The second kappa shape index (κ2) is 8.32. The molecule has 1 aromatic carbocycles. The summed E-state index contributed by atoms with van der Waals surface area (Å²) in [5, 5.41) is 6.97. The van der Waals surface area contributed by atoms with E-state index in [9.17, 15) is 4.79 Å². The molecule has 1 aliphatic heterocycles. The lowest BCUT2D eigenvalue weighted by Gasteiger charge is -2.41. The van der Waals surface area contributed by atoms with E-state index in [0.717, 1.165) is 24.2 Å². The maximum atomic E-state index is 12.6. The molecule has 0 spiro atoms. The summed E-state index contributed by atoms with van der Waals surface area (Å²) < 4.78 is 5.58. The molecule has 6 heteroatoms. The van der Waals surface area contributed by atoms with Gasteiger partial charge in [-0.1, -0.05) is 23.7 Å². The topological polar surface area (TPSA) is 63.2 Å². The Morgan fingerprint density at radius 3 is 2.72 bits per heavy atom. The molecule has 5 nitrogen and oxygen atoms in total. The van der Waals surface area contributed by atoms with Gasteiger partial charge in [0.25, 0.3) is 0 Å². The second-order valence-corrected chi connectivity index (χ2v) is 6.77. The molecule has 0 aliphatic carbocycles. The predicted molar refractivity (Wildman–Crippen MR) is 97.8 cm³/mol. The first-order valence-corrected chi connectivity index (χ1v) is 8.82. The van der Waals surface area contributed by atoms with Gasteiger partial charge in [0.05, 0.1) is 18.2 Å². The number of ether oxygens (including phenoxy) is 1. The first kappa shape index (κ1) is 17.7. The maximum absolute atomic E-state index is 12.6. The van der Waals surface area contributed by atoms with E-state index in [1.165, 1.54) is 0 Å². The predicted octanol–water partition coefficient (Wildman–Crippen LogP) is 2.45. The van der Waals surface area contributed by atoms with Crippen molar-refractivity contribution < 1.29 is 9.53 Å². The molecule has 1 aromatic heterocycles. The number of carbonyl (C=O) groups excluding carboxylic acids is 1. The molecule has 1 aliphatic rings. The number of pyridine rings is 1. The number of amides is 1. The van der Waals surface area contributed by atoms with E-state index in [0.29, 0.717) is 31.3 Å². The first-order valence-electron chi connectivity index (χ1n) is 8.44. The molecule has 3 rings (SSSR count). The number of hydrogen-bond donors (Lipinski definition) is 2. The first-order chi connectivity index (χ1) is 12.2. The lowest BCUT2D eigenvalue weighted by molar-refractivity contribution is -0.133. The van der Waals surface area contributed by atoms with Crippen molar-refractivity contribution in [3.8, 4) is 5.75 Å². The number of nitrogens with one attached hydrogen (secondary N) is 2. The summed E-state index contributed by atoms with van der Waals surface area (Å²) in [6, 6.07) is 11.4. The average Bonchev–Trinajstić information content (AvgIpc) is 2.60. The number of rotatable bonds is 8. The third-order valence-corrected chi connectivity index (χ3v) is 4.63. The number of carbonyl (C=O) groups is 1. The highest BCUT2D eigenvalue weighted by Gasteiger charge is 2.43. The summed E-state index contributed by atoms with van der Waals surface area (Å²) >= 11 is 5.93. The highest BCUT2D eigenvalue weighted by atomic mass is 35.5. The fourth-order valence-corrected chi connectivity index (χ4v) is 3.00. The van der Waals surface area contributed by atoms with Gasteiger partial charge in [-0.2, -0.15) is 0 Å². The molecule has 2 heterocycles. The normalized spacial score (nSPS) is 15.2. The van der Waals surface area contributed by atoms with Crippen LogP contribution in [0.5, 0.6) is 5.75 Å². The van der Waals surface area contributed by atoms with Crippen LogP contribution >= 0.6 is 11.6 Å². The highest BCUT2D eigenvalue weighted by Crippen LogP contribution is 2.28. The fraction of sp³-hybridized carbons (Fsp3) is 0.368. The molecule has 0 bridgehead atoms. The second-order valence-electron chi connectivity index (χ2n) is 6.33. The largest absolute Gasteiger partial charge is 0.492 e. The van der Waals surface area contributed by atoms with E-state index in [-0.39, 0.29) is 11.3 Å². The van der Waals surface area contributed by atoms with Crippen LogP contribution in [-0.2, 0) is 11.2 Å². The Hall–Kier alpha value is -2.11. The number of halogens is 1. The van der Waals surface area contributed by atoms with Gasteiger partial charge in [-0.15, -0.1) is 0 Å². The summed E-state index contributed by atoms with van der Waals surface area (Å²) in [6.45, 7) is 2.55. The Morgan fingerprint density at radius 1 is 1.28 bits per heavy atom. The minimum atomic E-state index is -0.363. The van der Waals surface area contributed by atoms with E-state index >= 15 is 0 Å². The number of hydrogen-bond acceptors (Lipinski definition) is 4.